The fraction of sp³-hybridized carbons (Fsp3) is 0.750. The van der Waals surface area contributed by atoms with Crippen LogP contribution in [0.1, 0.15) is 6.42 Å². The number of hydrogen-bond donors (Lipinski definition) is 3. The smallest absolute Gasteiger partial charge is 0.322 e. The normalized spacial score (nSPS) is 28.2. The summed E-state index contributed by atoms with van der Waals surface area (Å²) in [7, 11) is 0. The molecule has 1 heterocycles. The Kier molecular flexibility index (Phi) is 1.45. The summed E-state index contributed by atoms with van der Waals surface area (Å²) in [6.07, 6.45) is 0.676. The highest BCUT2D eigenvalue weighted by atomic mass is 16.4. The molecule has 4 nitrogen and oxygen atoms in total. The van der Waals surface area contributed by atoms with E-state index in [0.717, 1.165) is 6.54 Å². The van der Waals surface area contributed by atoms with E-state index in [0.29, 0.717) is 6.42 Å². The maximum Gasteiger partial charge on any atom is 0.322 e. The van der Waals surface area contributed by atoms with Crippen LogP contribution in [0.2, 0.25) is 0 Å². The van der Waals surface area contributed by atoms with Crippen LogP contribution in [0.5, 0.6) is 0 Å². The number of hydrogen-bond acceptors (Lipinski definition) is 3. The largest absolute Gasteiger partial charge is 0.480 e. The molecule has 1 atom stereocenters. The van der Waals surface area contributed by atoms with E-state index in [1.807, 2.05) is 0 Å². The minimum absolute atomic E-state index is 0.380. The first-order valence-electron chi connectivity index (χ1n) is 2.52. The van der Waals surface area contributed by atoms with Crippen molar-refractivity contribution in [3.63, 3.8) is 0 Å². The molecule has 1 aliphatic rings. The molecule has 4 heteroatoms. The van der Waals surface area contributed by atoms with Gasteiger partial charge in [-0.25, -0.2) is 5.43 Å². The summed E-state index contributed by atoms with van der Waals surface area (Å²) in [5, 5.41) is 8.31. The van der Waals surface area contributed by atoms with Crippen LogP contribution >= 0.6 is 0 Å². The summed E-state index contributed by atoms with van der Waals surface area (Å²) in [5.41, 5.74) is 5.33. The van der Waals surface area contributed by atoms with Gasteiger partial charge in [0, 0.05) is 6.54 Å². The molecule has 0 aromatic carbocycles. The lowest BCUT2D eigenvalue weighted by molar-refractivity contribution is -0.139. The predicted molar refractivity (Wildman–Crippen MR) is 27.2 cm³/mol. The Hall–Kier alpha value is -0.610. The topological polar surface area (TPSA) is 61.4 Å². The minimum Gasteiger partial charge on any atom is -0.480 e. The van der Waals surface area contributed by atoms with Gasteiger partial charge in [0.15, 0.2) is 0 Å². The molecule has 0 aliphatic carbocycles. The van der Waals surface area contributed by atoms with Crippen molar-refractivity contribution in [2.45, 2.75) is 12.5 Å². The zero-order valence-electron chi connectivity index (χ0n) is 4.35. The lowest BCUT2D eigenvalue weighted by Crippen LogP contribution is -2.35. The Labute approximate surface area is 46.9 Å². The molecule has 1 saturated heterocycles. The summed E-state index contributed by atoms with van der Waals surface area (Å²) >= 11 is 0. The Bertz CT molecular complexity index is 98.2. The van der Waals surface area contributed by atoms with Crippen molar-refractivity contribution in [1.82, 2.24) is 10.9 Å². The van der Waals surface area contributed by atoms with Crippen LogP contribution in [0.15, 0.2) is 0 Å². The van der Waals surface area contributed by atoms with Gasteiger partial charge in [0.1, 0.15) is 6.04 Å². The van der Waals surface area contributed by atoms with Crippen molar-refractivity contribution < 1.29 is 9.90 Å². The molecule has 1 rings (SSSR count). The van der Waals surface area contributed by atoms with Crippen LogP contribution in [-0.2, 0) is 4.79 Å². The van der Waals surface area contributed by atoms with Gasteiger partial charge in [-0.3, -0.25) is 10.2 Å². The molecule has 0 amide bonds. The first-order valence-corrected chi connectivity index (χ1v) is 2.52. The zero-order valence-corrected chi connectivity index (χ0v) is 4.35. The molecule has 0 spiro atoms. The number of carboxylic acid groups (broad SMARTS) is 1. The summed E-state index contributed by atoms with van der Waals surface area (Å²) in [6, 6.07) is -0.380. The van der Waals surface area contributed by atoms with E-state index in [4.69, 9.17) is 5.11 Å². The molecule has 46 valence electrons. The van der Waals surface area contributed by atoms with Gasteiger partial charge in [-0.05, 0) is 6.42 Å². The molecule has 0 aromatic rings. The lowest BCUT2D eigenvalue weighted by Gasteiger charge is -1.98. The molecular weight excluding hydrogens is 108 g/mol. The number of carboxylic acids is 1. The van der Waals surface area contributed by atoms with Crippen LogP contribution in [0.25, 0.3) is 0 Å². The van der Waals surface area contributed by atoms with E-state index in [2.05, 4.69) is 10.9 Å². The second-order valence-corrected chi connectivity index (χ2v) is 1.75. The van der Waals surface area contributed by atoms with Crippen molar-refractivity contribution >= 4 is 5.97 Å². The monoisotopic (exact) mass is 116 g/mol. The summed E-state index contributed by atoms with van der Waals surface area (Å²) in [5.74, 6) is -0.782. The zero-order chi connectivity index (χ0) is 5.98. The van der Waals surface area contributed by atoms with Crippen molar-refractivity contribution in [2.75, 3.05) is 6.54 Å². The molecule has 1 fully saturated rings. The van der Waals surface area contributed by atoms with E-state index in [-0.39, 0.29) is 6.04 Å². The Morgan fingerprint density at radius 2 is 2.50 bits per heavy atom. The van der Waals surface area contributed by atoms with Gasteiger partial charge < -0.3 is 5.11 Å². The third-order valence-corrected chi connectivity index (χ3v) is 1.13. The first kappa shape index (κ1) is 5.53. The average Bonchev–Trinajstić information content (AvgIpc) is 2.12. The Morgan fingerprint density at radius 1 is 1.75 bits per heavy atom. The van der Waals surface area contributed by atoms with E-state index >= 15 is 0 Å². The van der Waals surface area contributed by atoms with Gasteiger partial charge in [-0.2, -0.15) is 0 Å². The first-order chi connectivity index (χ1) is 3.80. The van der Waals surface area contributed by atoms with Gasteiger partial charge in [-0.15, -0.1) is 0 Å². The summed E-state index contributed by atoms with van der Waals surface area (Å²) in [4.78, 5) is 10.1. The van der Waals surface area contributed by atoms with Crippen LogP contribution < -0.4 is 10.9 Å². The van der Waals surface area contributed by atoms with Crippen LogP contribution in [0.4, 0.5) is 0 Å². The SMILES string of the molecule is O=C(O)[C@H]1CCNN1. The molecule has 8 heavy (non-hydrogen) atoms. The lowest BCUT2D eigenvalue weighted by atomic mass is 10.2. The van der Waals surface area contributed by atoms with Gasteiger partial charge in [-0.1, -0.05) is 0 Å². The van der Waals surface area contributed by atoms with E-state index < -0.39 is 5.97 Å². The van der Waals surface area contributed by atoms with Gasteiger partial charge in [0.05, 0.1) is 0 Å². The number of hydrazine groups is 1. The summed E-state index contributed by atoms with van der Waals surface area (Å²) in [6.45, 7) is 0.747. The number of rotatable bonds is 1. The third-order valence-electron chi connectivity index (χ3n) is 1.13. The quantitative estimate of drug-likeness (QED) is 0.408. The summed E-state index contributed by atoms with van der Waals surface area (Å²) < 4.78 is 0. The highest BCUT2D eigenvalue weighted by Gasteiger charge is 2.19. The van der Waals surface area contributed by atoms with Crippen LogP contribution in [0, 0.1) is 0 Å². The maximum atomic E-state index is 10.1. The molecule has 0 unspecified atom stereocenters. The second-order valence-electron chi connectivity index (χ2n) is 1.75. The maximum absolute atomic E-state index is 10.1. The fourth-order valence-electron chi connectivity index (χ4n) is 0.669. The molecule has 1 aliphatic heterocycles. The molecule has 0 radical (unpaired) electrons. The highest BCUT2D eigenvalue weighted by molar-refractivity contribution is 5.73. The second kappa shape index (κ2) is 2.11. The van der Waals surface area contributed by atoms with Gasteiger partial charge >= 0.3 is 5.97 Å². The van der Waals surface area contributed by atoms with Crippen LogP contribution in [0.3, 0.4) is 0 Å². The van der Waals surface area contributed by atoms with Crippen molar-refractivity contribution in [1.29, 1.82) is 0 Å². The number of carbonyl (C=O) groups is 1. The van der Waals surface area contributed by atoms with E-state index in [1.54, 1.807) is 0 Å². The van der Waals surface area contributed by atoms with Crippen molar-refractivity contribution in [3.8, 4) is 0 Å². The minimum atomic E-state index is -0.782. The van der Waals surface area contributed by atoms with Crippen molar-refractivity contribution in [2.24, 2.45) is 0 Å². The predicted octanol–water partition coefficient (Wildman–Crippen LogP) is -1.06. The van der Waals surface area contributed by atoms with Gasteiger partial charge in [0.2, 0.25) is 0 Å². The molecule has 0 bridgehead atoms. The number of nitrogens with one attached hydrogen (secondary N) is 2. The Morgan fingerprint density at radius 3 is 2.75 bits per heavy atom. The van der Waals surface area contributed by atoms with E-state index in [9.17, 15) is 4.79 Å². The molecule has 0 saturated carbocycles. The van der Waals surface area contributed by atoms with E-state index in [1.165, 1.54) is 0 Å². The molecule has 3 N–H and O–H groups in total. The van der Waals surface area contributed by atoms with Gasteiger partial charge in [0.25, 0.3) is 0 Å². The van der Waals surface area contributed by atoms with Crippen LogP contribution in [-0.4, -0.2) is 23.7 Å². The third kappa shape index (κ3) is 0.962. The van der Waals surface area contributed by atoms with Crippen molar-refractivity contribution in [3.05, 3.63) is 0 Å². The fourth-order valence-corrected chi connectivity index (χ4v) is 0.669. The molecule has 0 aromatic heterocycles. The molecular formula is C4H8N2O2. The standard InChI is InChI=1S/C4H8N2O2/c7-4(8)3-1-2-5-6-3/h3,5-6H,1-2H2,(H,7,8)/t3-/m1/s1. The Balaban J connectivity index is 2.35. The highest BCUT2D eigenvalue weighted by Crippen LogP contribution is 1.93. The average molecular weight is 116 g/mol. The number of aliphatic carboxylic acids is 1.